The summed E-state index contributed by atoms with van der Waals surface area (Å²) in [7, 11) is 0. The number of anilines is 2. The Bertz CT molecular complexity index is 1680. The van der Waals surface area contributed by atoms with Gasteiger partial charge in [0, 0.05) is 29.0 Å². The molecule has 220 valence electrons. The number of ether oxygens (including phenoxy) is 3. The zero-order valence-corrected chi connectivity index (χ0v) is 24.0. The van der Waals surface area contributed by atoms with Crippen LogP contribution in [0.1, 0.15) is 25.6 Å². The van der Waals surface area contributed by atoms with Gasteiger partial charge < -0.3 is 33.5 Å². The molecule has 1 N–H and O–H groups in total. The van der Waals surface area contributed by atoms with Gasteiger partial charge in [-0.2, -0.15) is 0 Å². The first-order valence-electron chi connectivity index (χ1n) is 13.5. The van der Waals surface area contributed by atoms with Crippen LogP contribution in [-0.2, 0) is 14.3 Å². The molecule has 14 heteroatoms. The average molecular weight is 646 g/mol. The maximum atomic E-state index is 13.9. The van der Waals surface area contributed by atoms with Crippen LogP contribution < -0.4 is 14.5 Å². The highest BCUT2D eigenvalue weighted by Gasteiger charge is 2.50. The Morgan fingerprint density at radius 2 is 2.05 bits per heavy atom. The number of pyridine rings is 1. The second-order valence-corrected chi connectivity index (χ2v) is 11.6. The lowest BCUT2D eigenvalue weighted by Crippen LogP contribution is -2.68. The highest BCUT2D eigenvalue weighted by atomic mass is 79.9. The number of rotatable bonds is 6. The average Bonchev–Trinajstić information content (AvgIpc) is 3.54. The monoisotopic (exact) mass is 645 g/mol. The molecule has 7 rings (SSSR count). The lowest BCUT2D eigenvalue weighted by Gasteiger charge is -2.53. The van der Waals surface area contributed by atoms with Gasteiger partial charge in [-0.15, -0.1) is 0 Å². The molecule has 42 heavy (non-hydrogen) atoms. The van der Waals surface area contributed by atoms with E-state index in [0.717, 1.165) is 10.2 Å². The zero-order valence-electron chi connectivity index (χ0n) is 22.4. The summed E-state index contributed by atoms with van der Waals surface area (Å²) in [6.07, 6.45) is -1.92. The molecule has 3 atom stereocenters. The number of benzene rings is 1. The Balaban J connectivity index is 1.24. The largest absolute Gasteiger partial charge is 0.480 e. The molecule has 0 aliphatic carbocycles. The Labute approximate surface area is 246 Å². The van der Waals surface area contributed by atoms with Gasteiger partial charge in [-0.05, 0) is 41.1 Å². The minimum atomic E-state index is -2.96. The zero-order chi connectivity index (χ0) is 29.2. The second kappa shape index (κ2) is 10.3. The van der Waals surface area contributed by atoms with E-state index < -0.39 is 36.0 Å². The van der Waals surface area contributed by atoms with Crippen LogP contribution in [0.5, 0.6) is 5.88 Å². The molecule has 6 heterocycles. The third kappa shape index (κ3) is 4.43. The van der Waals surface area contributed by atoms with E-state index in [1.807, 2.05) is 6.07 Å². The summed E-state index contributed by atoms with van der Waals surface area (Å²) in [5, 5.41) is 10.7. The predicted octanol–water partition coefficient (Wildman–Crippen LogP) is 4.58. The fourth-order valence-corrected chi connectivity index (χ4v) is 6.33. The van der Waals surface area contributed by atoms with Crippen LogP contribution in [0.2, 0.25) is 0 Å². The first kappa shape index (κ1) is 27.2. The summed E-state index contributed by atoms with van der Waals surface area (Å²) < 4.78 is 52.5. The quantitative estimate of drug-likeness (QED) is 0.317. The molecule has 0 bridgehead atoms. The topological polar surface area (TPSA) is 123 Å². The number of aliphatic carboxylic acids is 1. The molecule has 3 aliphatic rings. The van der Waals surface area contributed by atoms with Crippen LogP contribution in [-0.4, -0.2) is 82.7 Å². The predicted molar refractivity (Wildman–Crippen MR) is 150 cm³/mol. The highest BCUT2D eigenvalue weighted by Crippen LogP contribution is 2.41. The number of morpholine rings is 1. The standard InChI is InChI=1S/C28H26BrF2N5O6/c1-14-28(12-39-13-28)40-7-6-35(14)18-8-15(29)10-32-26(18)41-16-9-19(27(37)38)36(11-16)25-22-21(33-24(34-25)23(30)31)17-4-2-3-5-20(17)42-22/h2-5,8,10,14,16,19,23H,6-7,9,11-13H2,1H3,(H,37,38)/t14-,16+,19+/m1/s1. The van der Waals surface area contributed by atoms with Gasteiger partial charge in [-0.25, -0.2) is 28.5 Å². The molecule has 0 unspecified atom stereocenters. The maximum Gasteiger partial charge on any atom is 0.326 e. The molecule has 1 aromatic carbocycles. The number of halogens is 3. The van der Waals surface area contributed by atoms with Crippen molar-refractivity contribution in [3.05, 3.63) is 46.8 Å². The SMILES string of the molecule is C[C@H]1N(c2cc(Br)cnc2O[C@H]2C[C@@H](C(=O)O)N(c3nc(C(F)F)nc4c3oc3ccccc34)C2)CCOC12COC2. The fourth-order valence-electron chi connectivity index (χ4n) is 6.01. The molecule has 3 aliphatic heterocycles. The van der Waals surface area contributed by atoms with Gasteiger partial charge in [0.25, 0.3) is 6.43 Å². The Morgan fingerprint density at radius 3 is 2.79 bits per heavy atom. The van der Waals surface area contributed by atoms with Crippen molar-refractivity contribution in [3.8, 4) is 5.88 Å². The van der Waals surface area contributed by atoms with E-state index in [9.17, 15) is 18.7 Å². The first-order chi connectivity index (χ1) is 20.2. The molecule has 3 fully saturated rings. The van der Waals surface area contributed by atoms with E-state index in [-0.39, 0.29) is 35.9 Å². The Morgan fingerprint density at radius 1 is 1.24 bits per heavy atom. The number of furan rings is 1. The molecule has 3 saturated heterocycles. The molecule has 11 nitrogen and oxygen atoms in total. The molecular weight excluding hydrogens is 620 g/mol. The van der Waals surface area contributed by atoms with Crippen molar-refractivity contribution in [2.24, 2.45) is 0 Å². The lowest BCUT2D eigenvalue weighted by molar-refractivity contribution is -0.228. The van der Waals surface area contributed by atoms with Crippen molar-refractivity contribution in [2.75, 3.05) is 42.7 Å². The van der Waals surface area contributed by atoms with E-state index >= 15 is 0 Å². The molecule has 0 saturated carbocycles. The summed E-state index contributed by atoms with van der Waals surface area (Å²) in [5.74, 6) is -1.52. The Kier molecular flexibility index (Phi) is 6.66. The van der Waals surface area contributed by atoms with E-state index in [2.05, 4.69) is 42.7 Å². The third-order valence-electron chi connectivity index (χ3n) is 8.26. The fraction of sp³-hybridized carbons (Fsp3) is 0.429. The van der Waals surface area contributed by atoms with Crippen molar-refractivity contribution < 1.29 is 37.3 Å². The number of carboxylic acids is 1. The van der Waals surface area contributed by atoms with Gasteiger partial charge in [0.1, 0.15) is 34.5 Å². The first-order valence-corrected chi connectivity index (χ1v) is 14.3. The summed E-state index contributed by atoms with van der Waals surface area (Å²) >= 11 is 3.51. The van der Waals surface area contributed by atoms with Gasteiger partial charge >= 0.3 is 5.97 Å². The molecule has 3 aromatic heterocycles. The van der Waals surface area contributed by atoms with E-state index in [0.29, 0.717) is 43.2 Å². The van der Waals surface area contributed by atoms with Gasteiger partial charge in [-0.3, -0.25) is 0 Å². The number of alkyl halides is 2. The van der Waals surface area contributed by atoms with Gasteiger partial charge in [0.2, 0.25) is 5.88 Å². The van der Waals surface area contributed by atoms with E-state index in [1.54, 1.807) is 30.5 Å². The van der Waals surface area contributed by atoms with E-state index in [4.69, 9.17) is 18.6 Å². The summed E-state index contributed by atoms with van der Waals surface area (Å²) in [6, 6.07) is 7.69. The van der Waals surface area contributed by atoms with Crippen molar-refractivity contribution in [1.82, 2.24) is 15.0 Å². The van der Waals surface area contributed by atoms with Crippen LogP contribution in [0.25, 0.3) is 22.1 Å². The van der Waals surface area contributed by atoms with Crippen LogP contribution >= 0.6 is 15.9 Å². The number of aromatic nitrogens is 3. The number of carboxylic acid groups (broad SMARTS) is 1. The van der Waals surface area contributed by atoms with Crippen LogP contribution in [0.3, 0.4) is 0 Å². The summed E-state index contributed by atoms with van der Waals surface area (Å²) in [6.45, 7) is 4.22. The normalized spacial score (nSPS) is 23.7. The number of fused-ring (bicyclic) bond motifs is 3. The number of carbonyl (C=O) groups is 1. The van der Waals surface area contributed by atoms with Crippen molar-refractivity contribution in [2.45, 2.75) is 43.6 Å². The van der Waals surface area contributed by atoms with Gasteiger partial charge in [0.15, 0.2) is 17.2 Å². The van der Waals surface area contributed by atoms with Crippen LogP contribution in [0.15, 0.2) is 45.4 Å². The lowest BCUT2D eigenvalue weighted by atomic mass is 9.90. The highest BCUT2D eigenvalue weighted by molar-refractivity contribution is 9.10. The maximum absolute atomic E-state index is 13.9. The minimum Gasteiger partial charge on any atom is -0.480 e. The number of para-hydroxylation sites is 1. The van der Waals surface area contributed by atoms with E-state index in [1.165, 1.54) is 4.90 Å². The molecule has 4 aromatic rings. The second-order valence-electron chi connectivity index (χ2n) is 10.7. The molecule has 0 amide bonds. The van der Waals surface area contributed by atoms with Crippen molar-refractivity contribution >= 4 is 55.5 Å². The number of hydrogen-bond donors (Lipinski definition) is 1. The smallest absolute Gasteiger partial charge is 0.326 e. The third-order valence-corrected chi connectivity index (χ3v) is 8.70. The van der Waals surface area contributed by atoms with Gasteiger partial charge in [-0.1, -0.05) is 12.1 Å². The van der Waals surface area contributed by atoms with Crippen molar-refractivity contribution in [1.29, 1.82) is 0 Å². The molecule has 1 spiro atoms. The van der Waals surface area contributed by atoms with Crippen molar-refractivity contribution in [3.63, 3.8) is 0 Å². The number of hydrogen-bond acceptors (Lipinski definition) is 10. The minimum absolute atomic E-state index is 0.0114. The molecule has 0 radical (unpaired) electrons. The van der Waals surface area contributed by atoms with Crippen LogP contribution in [0, 0.1) is 0 Å². The van der Waals surface area contributed by atoms with Gasteiger partial charge in [0.05, 0.1) is 32.4 Å². The van der Waals surface area contributed by atoms with Crippen LogP contribution in [0.4, 0.5) is 20.3 Å². The summed E-state index contributed by atoms with van der Waals surface area (Å²) in [4.78, 5) is 28.7. The molecular formula is C28H26BrF2N5O6. The summed E-state index contributed by atoms with van der Waals surface area (Å²) in [5.41, 5.74) is 1.10. The number of nitrogens with zero attached hydrogens (tertiary/aromatic N) is 5. The Hall–Kier alpha value is -3.62.